The molecule has 3 nitrogen and oxygen atoms in total. The molecule has 1 aliphatic carbocycles. The van der Waals surface area contributed by atoms with Gasteiger partial charge in [-0.1, -0.05) is 26.2 Å². The number of hydrogen-bond acceptors (Lipinski definition) is 3. The van der Waals surface area contributed by atoms with Crippen LogP contribution in [0.1, 0.15) is 39.0 Å². The molecule has 2 rings (SSSR count). The maximum Gasteiger partial charge on any atom is 0.166 e. The summed E-state index contributed by atoms with van der Waals surface area (Å²) in [6.07, 6.45) is 5.78. The van der Waals surface area contributed by atoms with Crippen LogP contribution in [0.4, 0.5) is 0 Å². The van der Waals surface area contributed by atoms with Gasteiger partial charge in [-0.15, -0.1) is 0 Å². The Morgan fingerprint density at radius 2 is 2.19 bits per heavy atom. The summed E-state index contributed by atoms with van der Waals surface area (Å²) in [7, 11) is 0. The van der Waals surface area contributed by atoms with E-state index in [4.69, 9.17) is 4.74 Å². The van der Waals surface area contributed by atoms with Crippen molar-refractivity contribution in [1.82, 2.24) is 5.32 Å². The van der Waals surface area contributed by atoms with Gasteiger partial charge in [-0.25, -0.2) is 0 Å². The number of morpholine rings is 1. The van der Waals surface area contributed by atoms with E-state index in [1.807, 2.05) is 0 Å². The van der Waals surface area contributed by atoms with E-state index in [-0.39, 0.29) is 12.0 Å². The molecule has 1 saturated heterocycles. The molecule has 0 bridgehead atoms. The fourth-order valence-electron chi connectivity index (χ4n) is 3.06. The molecule has 0 spiro atoms. The summed E-state index contributed by atoms with van der Waals surface area (Å²) in [4.78, 5) is 12.4. The van der Waals surface area contributed by atoms with Gasteiger partial charge in [-0.05, 0) is 18.8 Å². The first-order valence-corrected chi connectivity index (χ1v) is 6.69. The molecule has 3 atom stereocenters. The lowest BCUT2D eigenvalue weighted by molar-refractivity contribution is -0.139. The first-order chi connectivity index (χ1) is 7.83. The van der Waals surface area contributed by atoms with Crippen molar-refractivity contribution < 1.29 is 9.53 Å². The molecule has 2 fully saturated rings. The molecule has 1 saturated carbocycles. The van der Waals surface area contributed by atoms with Crippen molar-refractivity contribution in [3.8, 4) is 0 Å². The van der Waals surface area contributed by atoms with Crippen LogP contribution in [0.2, 0.25) is 0 Å². The summed E-state index contributed by atoms with van der Waals surface area (Å²) < 4.78 is 5.57. The number of rotatable bonds is 3. The summed E-state index contributed by atoms with van der Waals surface area (Å²) in [5, 5.41) is 3.24. The molecule has 1 heterocycles. The van der Waals surface area contributed by atoms with E-state index < -0.39 is 0 Å². The van der Waals surface area contributed by atoms with Crippen molar-refractivity contribution >= 4 is 5.78 Å². The van der Waals surface area contributed by atoms with Gasteiger partial charge in [0.2, 0.25) is 0 Å². The molecule has 0 radical (unpaired) electrons. The summed E-state index contributed by atoms with van der Waals surface area (Å²) in [5.41, 5.74) is 0. The fourth-order valence-corrected chi connectivity index (χ4v) is 3.06. The third-order valence-electron chi connectivity index (χ3n) is 4.04. The summed E-state index contributed by atoms with van der Waals surface area (Å²) in [6.45, 7) is 4.48. The Morgan fingerprint density at radius 3 is 2.88 bits per heavy atom. The summed E-state index contributed by atoms with van der Waals surface area (Å²) in [5.74, 6) is 1.23. The van der Waals surface area contributed by atoms with Crippen LogP contribution < -0.4 is 5.32 Å². The monoisotopic (exact) mass is 225 g/mol. The number of Topliss-reactive ketones (excluding diaryl/α,β-unsaturated/α-hetero) is 1. The predicted molar refractivity (Wildman–Crippen MR) is 63.4 cm³/mol. The van der Waals surface area contributed by atoms with Gasteiger partial charge >= 0.3 is 0 Å². The fraction of sp³-hybridized carbons (Fsp3) is 0.923. The molecule has 3 unspecified atom stereocenters. The largest absolute Gasteiger partial charge is 0.368 e. The van der Waals surface area contributed by atoms with Crippen molar-refractivity contribution in [3.05, 3.63) is 0 Å². The molecule has 16 heavy (non-hydrogen) atoms. The lowest BCUT2D eigenvalue weighted by Crippen LogP contribution is -2.46. The van der Waals surface area contributed by atoms with Gasteiger partial charge in [-0.3, -0.25) is 4.79 Å². The number of carbonyl (C=O) groups excluding carboxylic acids is 1. The molecule has 0 aromatic carbocycles. The second-order valence-corrected chi connectivity index (χ2v) is 5.03. The summed E-state index contributed by atoms with van der Waals surface area (Å²) in [6, 6.07) is 0. The van der Waals surface area contributed by atoms with Crippen molar-refractivity contribution in [2.75, 3.05) is 19.7 Å². The van der Waals surface area contributed by atoms with Crippen molar-refractivity contribution in [3.63, 3.8) is 0 Å². The smallest absolute Gasteiger partial charge is 0.166 e. The SMILES string of the molecule is CCC1CCCCC1C(=O)C1CNCCO1. The van der Waals surface area contributed by atoms with E-state index in [1.165, 1.54) is 19.3 Å². The Morgan fingerprint density at radius 1 is 1.38 bits per heavy atom. The van der Waals surface area contributed by atoms with Gasteiger partial charge in [0.05, 0.1) is 6.61 Å². The van der Waals surface area contributed by atoms with Gasteiger partial charge in [0.1, 0.15) is 6.10 Å². The van der Waals surface area contributed by atoms with Crippen LogP contribution in [0, 0.1) is 11.8 Å². The molecular weight excluding hydrogens is 202 g/mol. The second kappa shape index (κ2) is 5.78. The molecule has 1 N–H and O–H groups in total. The van der Waals surface area contributed by atoms with Crippen molar-refractivity contribution in [2.24, 2.45) is 11.8 Å². The second-order valence-electron chi connectivity index (χ2n) is 5.03. The average molecular weight is 225 g/mol. The molecule has 92 valence electrons. The number of hydrogen-bond donors (Lipinski definition) is 1. The van der Waals surface area contributed by atoms with E-state index in [9.17, 15) is 4.79 Å². The van der Waals surface area contributed by atoms with Crippen LogP contribution in [0.25, 0.3) is 0 Å². The van der Waals surface area contributed by atoms with E-state index in [0.29, 0.717) is 24.9 Å². The number of carbonyl (C=O) groups is 1. The lowest BCUT2D eigenvalue weighted by Gasteiger charge is -2.33. The van der Waals surface area contributed by atoms with E-state index in [0.717, 1.165) is 19.4 Å². The Kier molecular flexibility index (Phi) is 4.36. The molecule has 2 aliphatic rings. The molecular formula is C13H23NO2. The highest BCUT2D eigenvalue weighted by atomic mass is 16.5. The average Bonchev–Trinajstić information content (AvgIpc) is 2.39. The number of ketones is 1. The van der Waals surface area contributed by atoms with Crippen molar-refractivity contribution in [2.45, 2.75) is 45.1 Å². The maximum absolute atomic E-state index is 12.4. The first kappa shape index (κ1) is 12.1. The zero-order chi connectivity index (χ0) is 11.4. The Hall–Kier alpha value is -0.410. The van der Waals surface area contributed by atoms with Crippen LogP contribution in [-0.4, -0.2) is 31.6 Å². The minimum Gasteiger partial charge on any atom is -0.368 e. The van der Waals surface area contributed by atoms with Crippen LogP contribution in [-0.2, 0) is 9.53 Å². The van der Waals surface area contributed by atoms with Crippen LogP contribution in [0.5, 0.6) is 0 Å². The first-order valence-electron chi connectivity index (χ1n) is 6.69. The Bertz CT molecular complexity index is 236. The topological polar surface area (TPSA) is 38.3 Å². The molecule has 3 heteroatoms. The summed E-state index contributed by atoms with van der Waals surface area (Å²) >= 11 is 0. The minimum atomic E-state index is -0.175. The molecule has 0 amide bonds. The van der Waals surface area contributed by atoms with Crippen LogP contribution in [0.15, 0.2) is 0 Å². The van der Waals surface area contributed by atoms with Gasteiger partial charge < -0.3 is 10.1 Å². The van der Waals surface area contributed by atoms with E-state index in [2.05, 4.69) is 12.2 Å². The highest BCUT2D eigenvalue weighted by Gasteiger charge is 2.34. The lowest BCUT2D eigenvalue weighted by atomic mass is 9.74. The van der Waals surface area contributed by atoms with Gasteiger partial charge in [0.15, 0.2) is 5.78 Å². The van der Waals surface area contributed by atoms with Crippen molar-refractivity contribution in [1.29, 1.82) is 0 Å². The van der Waals surface area contributed by atoms with Crippen LogP contribution >= 0.6 is 0 Å². The van der Waals surface area contributed by atoms with E-state index in [1.54, 1.807) is 0 Å². The molecule has 0 aromatic heterocycles. The van der Waals surface area contributed by atoms with Gasteiger partial charge in [0, 0.05) is 19.0 Å². The highest BCUT2D eigenvalue weighted by Crippen LogP contribution is 2.33. The number of nitrogens with one attached hydrogen (secondary N) is 1. The zero-order valence-corrected chi connectivity index (χ0v) is 10.2. The highest BCUT2D eigenvalue weighted by molar-refractivity contribution is 5.86. The minimum absolute atomic E-state index is 0.175. The maximum atomic E-state index is 12.4. The number of ether oxygens (including phenoxy) is 1. The Balaban J connectivity index is 1.95. The van der Waals surface area contributed by atoms with Crippen LogP contribution in [0.3, 0.4) is 0 Å². The quantitative estimate of drug-likeness (QED) is 0.795. The third-order valence-corrected chi connectivity index (χ3v) is 4.04. The normalized spacial score (nSPS) is 35.9. The molecule has 0 aromatic rings. The van der Waals surface area contributed by atoms with Gasteiger partial charge in [0.25, 0.3) is 0 Å². The predicted octanol–water partition coefficient (Wildman–Crippen LogP) is 1.76. The third kappa shape index (κ3) is 2.64. The zero-order valence-electron chi connectivity index (χ0n) is 10.2. The van der Waals surface area contributed by atoms with E-state index >= 15 is 0 Å². The standard InChI is InChI=1S/C13H23NO2/c1-2-10-5-3-4-6-11(10)13(15)12-9-14-7-8-16-12/h10-12,14H,2-9H2,1H3. The molecule has 1 aliphatic heterocycles. The Labute approximate surface area is 97.9 Å². The van der Waals surface area contributed by atoms with Gasteiger partial charge in [-0.2, -0.15) is 0 Å².